The Morgan fingerprint density at radius 3 is 2.64 bits per heavy atom. The third-order valence-electron chi connectivity index (χ3n) is 3.52. The van der Waals surface area contributed by atoms with Crippen LogP contribution in [0.15, 0.2) is 29.3 Å². The summed E-state index contributed by atoms with van der Waals surface area (Å²) in [5.74, 6) is 1.25. The Morgan fingerprint density at radius 1 is 1.41 bits per heavy atom. The van der Waals surface area contributed by atoms with Crippen molar-refractivity contribution in [2.24, 2.45) is 10.7 Å². The van der Waals surface area contributed by atoms with Crippen LogP contribution in [0, 0.1) is 0 Å². The van der Waals surface area contributed by atoms with Crippen molar-refractivity contribution >= 4 is 11.6 Å². The zero-order valence-corrected chi connectivity index (χ0v) is 13.9. The standard InChI is InChI=1S/C17H27N3O2/c1-12(2)21-14-7-5-13(6-8-14)20-16(18)19-11-15-9-10-17(3,4)22-15/h5-8,12,15H,9-11H2,1-4H3,(H3,18,19,20). The minimum absolute atomic E-state index is 0.0331. The highest BCUT2D eigenvalue weighted by Crippen LogP contribution is 2.29. The number of anilines is 1. The van der Waals surface area contributed by atoms with E-state index in [0.29, 0.717) is 12.5 Å². The molecule has 0 spiro atoms. The maximum absolute atomic E-state index is 5.92. The largest absolute Gasteiger partial charge is 0.491 e. The summed E-state index contributed by atoms with van der Waals surface area (Å²) in [6.45, 7) is 8.82. The highest BCUT2D eigenvalue weighted by molar-refractivity contribution is 5.92. The molecular formula is C17H27N3O2. The van der Waals surface area contributed by atoms with Gasteiger partial charge in [0, 0.05) is 5.69 Å². The molecule has 1 fully saturated rings. The highest BCUT2D eigenvalue weighted by atomic mass is 16.5. The maximum atomic E-state index is 5.92. The van der Waals surface area contributed by atoms with E-state index in [1.807, 2.05) is 38.1 Å². The molecule has 1 aromatic rings. The molecule has 0 amide bonds. The Kier molecular flexibility index (Phi) is 5.29. The fourth-order valence-corrected chi connectivity index (χ4v) is 2.48. The summed E-state index contributed by atoms with van der Waals surface area (Å²) >= 11 is 0. The van der Waals surface area contributed by atoms with Crippen molar-refractivity contribution in [2.45, 2.75) is 58.3 Å². The number of nitrogens with two attached hydrogens (primary N) is 1. The number of aliphatic imine (C=N–C) groups is 1. The lowest BCUT2D eigenvalue weighted by molar-refractivity contribution is -0.0106. The number of guanidine groups is 1. The predicted molar refractivity (Wildman–Crippen MR) is 90.5 cm³/mol. The van der Waals surface area contributed by atoms with Crippen molar-refractivity contribution in [3.63, 3.8) is 0 Å². The minimum atomic E-state index is -0.0331. The molecule has 5 heteroatoms. The molecule has 1 atom stereocenters. The van der Waals surface area contributed by atoms with Gasteiger partial charge in [0.05, 0.1) is 24.4 Å². The van der Waals surface area contributed by atoms with Crippen LogP contribution >= 0.6 is 0 Å². The van der Waals surface area contributed by atoms with Gasteiger partial charge in [-0.3, -0.25) is 4.99 Å². The maximum Gasteiger partial charge on any atom is 0.193 e. The summed E-state index contributed by atoms with van der Waals surface area (Å²) < 4.78 is 11.5. The van der Waals surface area contributed by atoms with Crippen LogP contribution in [0.2, 0.25) is 0 Å². The molecule has 1 unspecified atom stereocenters. The van der Waals surface area contributed by atoms with Crippen LogP contribution in [-0.4, -0.2) is 30.3 Å². The quantitative estimate of drug-likeness (QED) is 0.647. The van der Waals surface area contributed by atoms with Gasteiger partial charge in [-0.05, 0) is 64.8 Å². The van der Waals surface area contributed by atoms with Crippen molar-refractivity contribution in [3.05, 3.63) is 24.3 Å². The SMILES string of the molecule is CC(C)Oc1ccc(NC(N)=NCC2CCC(C)(C)O2)cc1. The van der Waals surface area contributed by atoms with E-state index in [0.717, 1.165) is 24.3 Å². The van der Waals surface area contributed by atoms with Gasteiger partial charge in [-0.2, -0.15) is 0 Å². The van der Waals surface area contributed by atoms with Gasteiger partial charge in [0.15, 0.2) is 5.96 Å². The van der Waals surface area contributed by atoms with E-state index < -0.39 is 0 Å². The van der Waals surface area contributed by atoms with Gasteiger partial charge in [-0.1, -0.05) is 0 Å². The van der Waals surface area contributed by atoms with Gasteiger partial charge in [-0.25, -0.2) is 0 Å². The van der Waals surface area contributed by atoms with Crippen LogP contribution in [0.4, 0.5) is 5.69 Å². The average molecular weight is 305 g/mol. The summed E-state index contributed by atoms with van der Waals surface area (Å²) in [5.41, 5.74) is 6.78. The number of hydrogen-bond acceptors (Lipinski definition) is 3. The monoisotopic (exact) mass is 305 g/mol. The number of hydrogen-bond donors (Lipinski definition) is 2. The smallest absolute Gasteiger partial charge is 0.193 e. The molecule has 5 nitrogen and oxygen atoms in total. The summed E-state index contributed by atoms with van der Waals surface area (Å²) in [6.07, 6.45) is 2.43. The molecule has 2 rings (SSSR count). The van der Waals surface area contributed by atoms with E-state index in [9.17, 15) is 0 Å². The number of benzene rings is 1. The summed E-state index contributed by atoms with van der Waals surface area (Å²) in [4.78, 5) is 4.36. The molecule has 0 saturated carbocycles. The first-order chi connectivity index (χ1) is 10.3. The average Bonchev–Trinajstić information content (AvgIpc) is 2.78. The van der Waals surface area contributed by atoms with Crippen LogP contribution in [0.1, 0.15) is 40.5 Å². The van der Waals surface area contributed by atoms with Crippen molar-refractivity contribution in [1.29, 1.82) is 0 Å². The van der Waals surface area contributed by atoms with E-state index in [4.69, 9.17) is 15.2 Å². The van der Waals surface area contributed by atoms with Gasteiger partial charge in [0.25, 0.3) is 0 Å². The number of nitrogens with zero attached hydrogens (tertiary/aromatic N) is 1. The van der Waals surface area contributed by atoms with E-state index in [1.165, 1.54) is 0 Å². The van der Waals surface area contributed by atoms with E-state index in [1.54, 1.807) is 0 Å². The number of ether oxygens (including phenoxy) is 2. The number of rotatable bonds is 5. The molecule has 1 aromatic carbocycles. The summed E-state index contributed by atoms with van der Waals surface area (Å²) in [7, 11) is 0. The highest BCUT2D eigenvalue weighted by Gasteiger charge is 2.31. The lowest BCUT2D eigenvalue weighted by Gasteiger charge is -2.18. The van der Waals surface area contributed by atoms with E-state index >= 15 is 0 Å². The summed E-state index contributed by atoms with van der Waals surface area (Å²) in [6, 6.07) is 7.68. The molecule has 0 aliphatic carbocycles. The molecule has 1 saturated heterocycles. The molecule has 0 radical (unpaired) electrons. The van der Waals surface area contributed by atoms with Crippen LogP contribution in [0.5, 0.6) is 5.75 Å². The van der Waals surface area contributed by atoms with Gasteiger partial charge in [-0.15, -0.1) is 0 Å². The molecule has 0 aromatic heterocycles. The minimum Gasteiger partial charge on any atom is -0.491 e. The molecule has 0 bridgehead atoms. The normalized spacial score (nSPS) is 21.1. The van der Waals surface area contributed by atoms with Crippen LogP contribution in [0.25, 0.3) is 0 Å². The molecule has 22 heavy (non-hydrogen) atoms. The van der Waals surface area contributed by atoms with Crippen molar-refractivity contribution in [2.75, 3.05) is 11.9 Å². The molecule has 3 N–H and O–H groups in total. The topological polar surface area (TPSA) is 68.9 Å². The molecule has 1 aliphatic rings. The second-order valence-corrected chi connectivity index (χ2v) is 6.58. The Labute approximate surface area is 132 Å². The van der Waals surface area contributed by atoms with Crippen LogP contribution in [0.3, 0.4) is 0 Å². The zero-order valence-electron chi connectivity index (χ0n) is 13.9. The van der Waals surface area contributed by atoms with Gasteiger partial charge >= 0.3 is 0 Å². The Morgan fingerprint density at radius 2 is 2.09 bits per heavy atom. The van der Waals surface area contributed by atoms with Crippen molar-refractivity contribution in [3.8, 4) is 5.75 Å². The first kappa shape index (κ1) is 16.6. The second-order valence-electron chi connectivity index (χ2n) is 6.58. The zero-order chi connectivity index (χ0) is 16.2. The van der Waals surface area contributed by atoms with Crippen LogP contribution in [-0.2, 0) is 4.74 Å². The first-order valence-electron chi connectivity index (χ1n) is 7.85. The fourth-order valence-electron chi connectivity index (χ4n) is 2.48. The van der Waals surface area contributed by atoms with Crippen molar-refractivity contribution in [1.82, 2.24) is 0 Å². The van der Waals surface area contributed by atoms with Crippen molar-refractivity contribution < 1.29 is 9.47 Å². The van der Waals surface area contributed by atoms with Gasteiger partial charge < -0.3 is 20.5 Å². The fraction of sp³-hybridized carbons (Fsp3) is 0.588. The van der Waals surface area contributed by atoms with Gasteiger partial charge in [0.1, 0.15) is 5.75 Å². The lowest BCUT2D eigenvalue weighted by Crippen LogP contribution is -2.26. The van der Waals surface area contributed by atoms with E-state index in [2.05, 4.69) is 24.2 Å². The second kappa shape index (κ2) is 7.01. The van der Waals surface area contributed by atoms with Gasteiger partial charge in [0.2, 0.25) is 0 Å². The Bertz CT molecular complexity index is 509. The molecule has 1 aliphatic heterocycles. The van der Waals surface area contributed by atoms with Crippen LogP contribution < -0.4 is 15.8 Å². The molecular weight excluding hydrogens is 278 g/mol. The number of nitrogens with one attached hydrogen (secondary N) is 1. The lowest BCUT2D eigenvalue weighted by atomic mass is 10.1. The summed E-state index contributed by atoms with van der Waals surface area (Å²) in [5, 5.41) is 3.08. The Hall–Kier alpha value is -1.75. The first-order valence-corrected chi connectivity index (χ1v) is 7.85. The third-order valence-corrected chi connectivity index (χ3v) is 3.52. The third kappa shape index (κ3) is 5.22. The Balaban J connectivity index is 1.83. The van der Waals surface area contributed by atoms with E-state index in [-0.39, 0.29) is 17.8 Å². The predicted octanol–water partition coefficient (Wildman–Crippen LogP) is 3.16. The molecule has 122 valence electrons. The molecule has 1 heterocycles.